The lowest BCUT2D eigenvalue weighted by Crippen LogP contribution is -2.25. The fourth-order valence-corrected chi connectivity index (χ4v) is 2.46. The Labute approximate surface area is 200 Å². The minimum Gasteiger partial charge on any atom is -0.486 e. The summed E-state index contributed by atoms with van der Waals surface area (Å²) in [5.41, 5.74) is 1.49. The van der Waals surface area contributed by atoms with Crippen molar-refractivity contribution in [3.63, 3.8) is 0 Å². The summed E-state index contributed by atoms with van der Waals surface area (Å²) in [6.45, 7) is 15.5. The molecule has 0 aliphatic heterocycles. The molecule has 7 heteroatoms. The zero-order chi connectivity index (χ0) is 25.5. The summed E-state index contributed by atoms with van der Waals surface area (Å²) in [6.07, 6.45) is 0. The average molecular weight is 467 g/mol. The third-order valence-electron chi connectivity index (χ3n) is 4.43. The molecule has 34 heavy (non-hydrogen) atoms. The number of hydrogen-bond acceptors (Lipinski definition) is 7. The average Bonchev–Trinajstić information content (AvgIpc) is 2.77. The maximum absolute atomic E-state index is 12.4. The summed E-state index contributed by atoms with van der Waals surface area (Å²) in [4.78, 5) is 35.7. The Morgan fingerprint density at radius 1 is 0.765 bits per heavy atom. The number of carbonyl (C=O) groups excluding carboxylic acids is 3. The SMILES string of the molecule is C=C(C)C(=O)OCCOc1cc(-c2ccc(OC(=O)C(=C)C)cc2)ccc1OC(=O)C(C)(C)C. The predicted molar refractivity (Wildman–Crippen MR) is 129 cm³/mol. The van der Waals surface area contributed by atoms with E-state index in [4.69, 9.17) is 18.9 Å². The van der Waals surface area contributed by atoms with E-state index >= 15 is 0 Å². The number of esters is 3. The summed E-state index contributed by atoms with van der Waals surface area (Å²) in [5, 5.41) is 0. The Morgan fingerprint density at radius 2 is 1.35 bits per heavy atom. The molecule has 0 aliphatic carbocycles. The van der Waals surface area contributed by atoms with Crippen molar-refractivity contribution in [3.05, 3.63) is 66.8 Å². The minimum atomic E-state index is -0.704. The fourth-order valence-electron chi connectivity index (χ4n) is 2.46. The van der Waals surface area contributed by atoms with E-state index in [0.29, 0.717) is 22.6 Å². The maximum Gasteiger partial charge on any atom is 0.338 e. The Hall–Kier alpha value is -3.87. The van der Waals surface area contributed by atoms with E-state index in [1.807, 2.05) is 0 Å². The highest BCUT2D eigenvalue weighted by molar-refractivity contribution is 5.89. The van der Waals surface area contributed by atoms with Crippen LogP contribution in [0.3, 0.4) is 0 Å². The van der Waals surface area contributed by atoms with Crippen molar-refractivity contribution in [2.75, 3.05) is 13.2 Å². The molecule has 0 aliphatic rings. The zero-order valence-corrected chi connectivity index (χ0v) is 20.2. The highest BCUT2D eigenvalue weighted by Gasteiger charge is 2.25. The van der Waals surface area contributed by atoms with Gasteiger partial charge in [0.25, 0.3) is 0 Å². The van der Waals surface area contributed by atoms with E-state index in [1.54, 1.807) is 77.1 Å². The van der Waals surface area contributed by atoms with Gasteiger partial charge in [-0.25, -0.2) is 9.59 Å². The predicted octanol–water partition coefficient (Wildman–Crippen LogP) is 5.28. The molecule has 2 rings (SSSR count). The Bertz CT molecular complexity index is 1090. The first-order valence-electron chi connectivity index (χ1n) is 10.7. The van der Waals surface area contributed by atoms with Crippen LogP contribution in [0.4, 0.5) is 0 Å². The molecule has 180 valence electrons. The second-order valence-electron chi connectivity index (χ2n) is 8.76. The largest absolute Gasteiger partial charge is 0.486 e. The van der Waals surface area contributed by atoms with Gasteiger partial charge in [-0.15, -0.1) is 0 Å². The Kier molecular flexibility index (Phi) is 8.78. The molecular weight excluding hydrogens is 436 g/mol. The molecule has 0 heterocycles. The summed E-state index contributed by atoms with van der Waals surface area (Å²) in [6, 6.07) is 12.1. The number of hydrogen-bond donors (Lipinski definition) is 0. The van der Waals surface area contributed by atoms with Gasteiger partial charge in [-0.2, -0.15) is 0 Å². The molecule has 0 unspecified atom stereocenters. The first-order valence-corrected chi connectivity index (χ1v) is 10.7. The number of benzene rings is 2. The lowest BCUT2D eigenvalue weighted by molar-refractivity contribution is -0.143. The summed E-state index contributed by atoms with van der Waals surface area (Å²) in [7, 11) is 0. The van der Waals surface area contributed by atoms with Crippen LogP contribution in [0.2, 0.25) is 0 Å². The molecule has 0 amide bonds. The normalized spacial score (nSPS) is 10.7. The van der Waals surface area contributed by atoms with Crippen molar-refractivity contribution < 1.29 is 33.3 Å². The second-order valence-corrected chi connectivity index (χ2v) is 8.76. The van der Waals surface area contributed by atoms with Crippen molar-refractivity contribution in [2.24, 2.45) is 5.41 Å². The van der Waals surface area contributed by atoms with Gasteiger partial charge in [-0.05, 0) is 70.0 Å². The summed E-state index contributed by atoms with van der Waals surface area (Å²) in [5.74, 6) is -0.461. The number of rotatable bonds is 9. The van der Waals surface area contributed by atoms with Crippen molar-refractivity contribution in [3.8, 4) is 28.4 Å². The fraction of sp³-hybridized carbons (Fsp3) is 0.296. The van der Waals surface area contributed by atoms with Crippen LogP contribution in [-0.2, 0) is 19.1 Å². The van der Waals surface area contributed by atoms with Crippen molar-refractivity contribution in [1.82, 2.24) is 0 Å². The standard InChI is InChI=1S/C27H30O7/c1-17(2)24(28)32-15-14-31-23-16-20(10-13-22(23)34-26(30)27(5,6)7)19-8-11-21(12-9-19)33-25(29)18(3)4/h8-13,16H,1,3,14-15H2,2,4-7H3. The van der Waals surface area contributed by atoms with E-state index in [0.717, 1.165) is 11.1 Å². The van der Waals surface area contributed by atoms with E-state index in [1.165, 1.54) is 0 Å². The first-order chi connectivity index (χ1) is 15.9. The molecule has 2 aromatic rings. The highest BCUT2D eigenvalue weighted by Crippen LogP contribution is 2.34. The summed E-state index contributed by atoms with van der Waals surface area (Å²) < 4.78 is 21.6. The van der Waals surface area contributed by atoms with Gasteiger partial charge in [-0.1, -0.05) is 31.4 Å². The van der Waals surface area contributed by atoms with Crippen LogP contribution in [0.5, 0.6) is 17.2 Å². The summed E-state index contributed by atoms with van der Waals surface area (Å²) >= 11 is 0. The molecule has 0 N–H and O–H groups in total. The number of ether oxygens (including phenoxy) is 4. The van der Waals surface area contributed by atoms with Crippen molar-refractivity contribution in [2.45, 2.75) is 34.6 Å². The molecular formula is C27H30O7. The molecule has 0 spiro atoms. The molecule has 0 saturated carbocycles. The topological polar surface area (TPSA) is 88.1 Å². The third kappa shape index (κ3) is 7.62. The molecule has 7 nitrogen and oxygen atoms in total. The van der Waals surface area contributed by atoms with Crippen LogP contribution in [0.25, 0.3) is 11.1 Å². The Balaban J connectivity index is 2.24. The second kappa shape index (κ2) is 11.3. The van der Waals surface area contributed by atoms with Gasteiger partial charge >= 0.3 is 17.9 Å². The van der Waals surface area contributed by atoms with Crippen molar-refractivity contribution >= 4 is 17.9 Å². The van der Waals surface area contributed by atoms with Crippen molar-refractivity contribution in [1.29, 1.82) is 0 Å². The molecule has 0 fully saturated rings. The van der Waals surface area contributed by atoms with Crippen LogP contribution >= 0.6 is 0 Å². The van der Waals surface area contributed by atoms with Gasteiger partial charge < -0.3 is 18.9 Å². The monoisotopic (exact) mass is 466 g/mol. The van der Waals surface area contributed by atoms with Crippen LogP contribution < -0.4 is 14.2 Å². The van der Waals surface area contributed by atoms with E-state index in [9.17, 15) is 14.4 Å². The third-order valence-corrected chi connectivity index (χ3v) is 4.43. The molecule has 0 atom stereocenters. The van der Waals surface area contributed by atoms with Crippen LogP contribution in [-0.4, -0.2) is 31.1 Å². The molecule has 2 aromatic carbocycles. The van der Waals surface area contributed by atoms with Gasteiger partial charge in [-0.3, -0.25) is 4.79 Å². The minimum absolute atomic E-state index is 0.00532. The zero-order valence-electron chi connectivity index (χ0n) is 20.2. The van der Waals surface area contributed by atoms with Crippen LogP contribution in [0.1, 0.15) is 34.6 Å². The van der Waals surface area contributed by atoms with Gasteiger partial charge in [0.15, 0.2) is 11.5 Å². The lowest BCUT2D eigenvalue weighted by Gasteiger charge is -2.19. The van der Waals surface area contributed by atoms with E-state index in [-0.39, 0.29) is 19.0 Å². The van der Waals surface area contributed by atoms with Gasteiger partial charge in [0, 0.05) is 11.1 Å². The van der Waals surface area contributed by atoms with Crippen LogP contribution in [0.15, 0.2) is 66.8 Å². The molecule has 0 bridgehead atoms. The van der Waals surface area contributed by atoms with Crippen LogP contribution in [0, 0.1) is 5.41 Å². The highest BCUT2D eigenvalue weighted by atomic mass is 16.6. The van der Waals surface area contributed by atoms with Gasteiger partial charge in [0.2, 0.25) is 0 Å². The Morgan fingerprint density at radius 3 is 1.91 bits per heavy atom. The van der Waals surface area contributed by atoms with Gasteiger partial charge in [0.1, 0.15) is 19.0 Å². The van der Waals surface area contributed by atoms with Gasteiger partial charge in [0.05, 0.1) is 5.41 Å². The lowest BCUT2D eigenvalue weighted by atomic mass is 9.97. The maximum atomic E-state index is 12.4. The first kappa shape index (κ1) is 26.4. The quantitative estimate of drug-likeness (QED) is 0.215. The molecule has 0 aromatic heterocycles. The molecule has 0 saturated heterocycles. The smallest absolute Gasteiger partial charge is 0.338 e. The number of carbonyl (C=O) groups is 3. The van der Waals surface area contributed by atoms with E-state index < -0.39 is 23.3 Å². The van der Waals surface area contributed by atoms with E-state index in [2.05, 4.69) is 13.2 Å². The molecule has 0 radical (unpaired) electrons.